The average Bonchev–Trinajstić information content (AvgIpc) is 3.51. The fraction of sp³-hybridized carbons (Fsp3) is 0.323. The van der Waals surface area contributed by atoms with Crippen LogP contribution in [0.25, 0.3) is 11.0 Å². The molecular weight excluding hydrogens is 552 g/mol. The number of amides is 3. The van der Waals surface area contributed by atoms with E-state index in [4.69, 9.17) is 14.2 Å². The first-order valence-corrected chi connectivity index (χ1v) is 14.2. The van der Waals surface area contributed by atoms with Crippen LogP contribution in [0.3, 0.4) is 0 Å². The highest BCUT2D eigenvalue weighted by molar-refractivity contribution is 5.97. The van der Waals surface area contributed by atoms with Crippen LogP contribution in [0.2, 0.25) is 0 Å². The second-order valence-electron chi connectivity index (χ2n) is 10.6. The zero-order valence-corrected chi connectivity index (χ0v) is 23.7. The number of hydrogen-bond donors (Lipinski definition) is 3. The van der Waals surface area contributed by atoms with Gasteiger partial charge in [0.25, 0.3) is 11.8 Å². The second-order valence-corrected chi connectivity index (χ2v) is 10.6. The molecule has 12 nitrogen and oxygen atoms in total. The number of H-pyrrole nitrogens is 1. The van der Waals surface area contributed by atoms with Crippen LogP contribution in [0.4, 0.5) is 0 Å². The van der Waals surface area contributed by atoms with Gasteiger partial charge in [-0.25, -0.2) is 0 Å². The summed E-state index contributed by atoms with van der Waals surface area (Å²) < 4.78 is 17.6. The highest BCUT2D eigenvalue weighted by Gasteiger charge is 2.34. The maximum Gasteiger partial charge on any atom is 0.258 e. The topological polar surface area (TPSA) is 148 Å². The van der Waals surface area contributed by atoms with Gasteiger partial charge in [0.05, 0.1) is 13.2 Å². The number of aromatic nitrogens is 3. The van der Waals surface area contributed by atoms with Crippen LogP contribution in [0, 0.1) is 0 Å². The third kappa shape index (κ3) is 6.53. The second kappa shape index (κ2) is 12.4. The Bertz CT molecular complexity index is 1640. The van der Waals surface area contributed by atoms with Gasteiger partial charge in [0, 0.05) is 38.0 Å². The van der Waals surface area contributed by atoms with E-state index >= 15 is 0 Å². The van der Waals surface area contributed by atoms with Gasteiger partial charge in [-0.2, -0.15) is 15.4 Å². The zero-order valence-electron chi connectivity index (χ0n) is 23.7. The van der Waals surface area contributed by atoms with E-state index in [-0.39, 0.29) is 30.9 Å². The monoisotopic (exact) mass is 584 g/mol. The highest BCUT2D eigenvalue weighted by Crippen LogP contribution is 2.29. The molecule has 0 saturated carbocycles. The minimum Gasteiger partial charge on any atom is -0.493 e. The van der Waals surface area contributed by atoms with Crippen LogP contribution < -0.4 is 24.8 Å². The average molecular weight is 585 g/mol. The largest absolute Gasteiger partial charge is 0.493 e. The van der Waals surface area contributed by atoms with Crippen molar-refractivity contribution >= 4 is 28.8 Å². The van der Waals surface area contributed by atoms with E-state index in [0.717, 1.165) is 11.1 Å². The Labute approximate surface area is 247 Å². The number of rotatable bonds is 2. The number of likely N-dealkylation sites (tertiary alicyclic amines) is 1. The first kappa shape index (κ1) is 28.0. The Morgan fingerprint density at radius 1 is 0.953 bits per heavy atom. The Balaban J connectivity index is 1.23. The number of carbonyl (C=O) groups is 3. The number of nitrogens with one attached hydrogen (secondary N) is 3. The Morgan fingerprint density at radius 2 is 1.77 bits per heavy atom. The summed E-state index contributed by atoms with van der Waals surface area (Å²) in [5.74, 6) is 0.929. The van der Waals surface area contributed by atoms with Gasteiger partial charge in [0.2, 0.25) is 5.91 Å². The van der Waals surface area contributed by atoms with Gasteiger partial charge in [0.15, 0.2) is 18.1 Å². The van der Waals surface area contributed by atoms with Gasteiger partial charge in [-0.3, -0.25) is 14.4 Å². The first-order chi connectivity index (χ1) is 20.9. The normalized spacial score (nSPS) is 19.5. The fourth-order valence-electron chi connectivity index (χ4n) is 5.34. The number of fused-ring (bicyclic) bond motifs is 1. The van der Waals surface area contributed by atoms with Crippen LogP contribution in [0.15, 0.2) is 60.7 Å². The molecule has 1 saturated heterocycles. The Hall–Kier alpha value is -5.13. The van der Waals surface area contributed by atoms with Gasteiger partial charge < -0.3 is 29.7 Å². The molecule has 5 aliphatic heterocycles. The number of aromatic amines is 1. The van der Waals surface area contributed by atoms with E-state index in [1.165, 1.54) is 7.11 Å². The summed E-state index contributed by atoms with van der Waals surface area (Å²) in [4.78, 5) is 40.8. The molecule has 0 spiro atoms. The minimum atomic E-state index is -0.501. The fourth-order valence-corrected chi connectivity index (χ4v) is 5.34. The highest BCUT2D eigenvalue weighted by atomic mass is 16.5. The SMILES string of the molecule is COc1cc2ccc1OCC(=O)N[C@@H]1CN(C(=O)c3ccc4n[nH]nc4c3)CC[C@H]1Oc1ccc(cc1)CNC(=O)CC2. The van der Waals surface area contributed by atoms with Crippen molar-refractivity contribution in [3.8, 4) is 17.2 Å². The summed E-state index contributed by atoms with van der Waals surface area (Å²) in [6.45, 7) is 0.826. The van der Waals surface area contributed by atoms with Crippen molar-refractivity contribution in [3.63, 3.8) is 0 Å². The molecule has 12 heteroatoms. The van der Waals surface area contributed by atoms with Crippen LogP contribution >= 0.6 is 0 Å². The van der Waals surface area contributed by atoms with E-state index in [1.54, 1.807) is 29.2 Å². The standard InChI is InChI=1S/C31H32N6O6/c1-41-28-14-19-4-10-27(28)42-18-30(39)33-25-17-37(31(40)21-6-9-23-24(15-21)35-36-34-23)13-12-26(25)43-22-7-2-20(3-8-22)16-32-29(38)11-5-19/h2-4,6-10,14-15,25-26H,5,11-13,16-18H2,1H3,(H,32,38)(H,33,39)(H,34,35,36)/t25-,26-/m1/s1. The van der Waals surface area contributed by atoms with Gasteiger partial charge in [-0.1, -0.05) is 18.2 Å². The molecule has 43 heavy (non-hydrogen) atoms. The van der Waals surface area contributed by atoms with Crippen LogP contribution in [-0.4, -0.2) is 77.0 Å². The summed E-state index contributed by atoms with van der Waals surface area (Å²) in [6, 6.07) is 17.6. The summed E-state index contributed by atoms with van der Waals surface area (Å²) >= 11 is 0. The van der Waals surface area contributed by atoms with Gasteiger partial charge in [0.1, 0.15) is 22.9 Å². The molecule has 222 valence electrons. The van der Waals surface area contributed by atoms with Crippen molar-refractivity contribution in [1.82, 2.24) is 30.9 Å². The molecule has 1 aromatic heterocycles. The number of aryl methyl sites for hydroxylation is 1. The Kier molecular flexibility index (Phi) is 8.07. The van der Waals surface area contributed by atoms with Gasteiger partial charge in [-0.05, 0) is 60.0 Å². The van der Waals surface area contributed by atoms with Crippen LogP contribution in [0.5, 0.6) is 17.2 Å². The smallest absolute Gasteiger partial charge is 0.258 e. The van der Waals surface area contributed by atoms with Crippen molar-refractivity contribution in [2.45, 2.75) is 38.0 Å². The van der Waals surface area contributed by atoms with E-state index in [1.807, 2.05) is 36.4 Å². The number of nitrogens with zero attached hydrogens (tertiary/aromatic N) is 3. The molecule has 4 bridgehead atoms. The number of carbonyl (C=O) groups excluding carboxylic acids is 3. The molecule has 3 aromatic carbocycles. The maximum atomic E-state index is 13.5. The van der Waals surface area contributed by atoms with Crippen molar-refractivity contribution in [3.05, 3.63) is 77.4 Å². The quantitative estimate of drug-likeness (QED) is 0.325. The maximum absolute atomic E-state index is 13.5. The van der Waals surface area contributed by atoms with Crippen LogP contribution in [-0.2, 0) is 22.6 Å². The zero-order chi connectivity index (χ0) is 29.8. The molecule has 2 atom stereocenters. The molecule has 3 amide bonds. The molecule has 0 unspecified atom stereocenters. The molecule has 4 aromatic rings. The molecule has 9 rings (SSSR count). The third-order valence-electron chi connectivity index (χ3n) is 7.67. The molecule has 5 aliphatic rings. The van der Waals surface area contributed by atoms with Crippen molar-refractivity contribution in [2.24, 2.45) is 0 Å². The minimum absolute atomic E-state index is 0.0595. The summed E-state index contributed by atoms with van der Waals surface area (Å²) in [5.41, 5.74) is 3.61. The lowest BCUT2D eigenvalue weighted by Gasteiger charge is -2.39. The van der Waals surface area contributed by atoms with Crippen molar-refractivity contribution < 1.29 is 28.6 Å². The molecule has 0 radical (unpaired) electrons. The Morgan fingerprint density at radius 3 is 2.60 bits per heavy atom. The van der Waals surface area contributed by atoms with Crippen molar-refractivity contribution in [1.29, 1.82) is 0 Å². The lowest BCUT2D eigenvalue weighted by atomic mass is 10.0. The number of benzene rings is 3. The third-order valence-corrected chi connectivity index (χ3v) is 7.67. The first-order valence-electron chi connectivity index (χ1n) is 14.2. The summed E-state index contributed by atoms with van der Waals surface area (Å²) in [5, 5.41) is 16.7. The molecule has 1 fully saturated rings. The van der Waals surface area contributed by atoms with E-state index in [0.29, 0.717) is 66.2 Å². The number of hydrogen-bond acceptors (Lipinski definition) is 8. The molecular formula is C31H32N6O6. The number of methoxy groups -OCH3 is 1. The van der Waals surface area contributed by atoms with E-state index in [2.05, 4.69) is 26.0 Å². The van der Waals surface area contributed by atoms with E-state index in [9.17, 15) is 14.4 Å². The molecule has 0 aliphatic carbocycles. The van der Waals surface area contributed by atoms with Crippen LogP contribution in [0.1, 0.15) is 34.3 Å². The lowest BCUT2D eigenvalue weighted by molar-refractivity contribution is -0.125. The summed E-state index contributed by atoms with van der Waals surface area (Å²) in [7, 11) is 1.53. The summed E-state index contributed by atoms with van der Waals surface area (Å²) in [6.07, 6.45) is 0.956. The predicted molar refractivity (Wildman–Crippen MR) is 156 cm³/mol. The molecule has 3 N–H and O–H groups in total. The number of piperidine rings is 1. The van der Waals surface area contributed by atoms with Crippen molar-refractivity contribution in [2.75, 3.05) is 26.8 Å². The lowest BCUT2D eigenvalue weighted by Crippen LogP contribution is -2.58. The van der Waals surface area contributed by atoms with Gasteiger partial charge >= 0.3 is 0 Å². The molecule has 6 heterocycles. The van der Waals surface area contributed by atoms with E-state index < -0.39 is 12.1 Å². The predicted octanol–water partition coefficient (Wildman–Crippen LogP) is 2.39. The van der Waals surface area contributed by atoms with Gasteiger partial charge in [-0.15, -0.1) is 0 Å². The number of ether oxygens (including phenoxy) is 3.